The van der Waals surface area contributed by atoms with Crippen molar-refractivity contribution in [3.8, 4) is 5.75 Å². The van der Waals surface area contributed by atoms with E-state index in [9.17, 15) is 4.79 Å². The molecule has 140 valence electrons. The molecule has 1 heterocycles. The van der Waals surface area contributed by atoms with Gasteiger partial charge in [-0.3, -0.25) is 4.79 Å². The third-order valence-corrected chi connectivity index (χ3v) is 6.09. The van der Waals surface area contributed by atoms with Gasteiger partial charge in [-0.05, 0) is 25.0 Å². The number of rotatable bonds is 9. The quantitative estimate of drug-likeness (QED) is 0.502. The van der Waals surface area contributed by atoms with E-state index < -0.39 is 0 Å². The maximum atomic E-state index is 11.9. The molecule has 0 spiro atoms. The summed E-state index contributed by atoms with van der Waals surface area (Å²) in [6, 6.07) is 10.1. The Labute approximate surface area is 162 Å². The Morgan fingerprint density at radius 2 is 2.00 bits per heavy atom. The Hall–Kier alpha value is -1.80. The van der Waals surface area contributed by atoms with Gasteiger partial charge in [0.05, 0.1) is 12.3 Å². The van der Waals surface area contributed by atoms with Crippen molar-refractivity contribution in [3.63, 3.8) is 0 Å². The molecule has 1 aliphatic carbocycles. The number of nitrogens with one attached hydrogen (secondary N) is 2. The Bertz CT molecular complexity index is 675. The maximum Gasteiger partial charge on any atom is 0.230 e. The molecule has 0 bridgehead atoms. The lowest BCUT2D eigenvalue weighted by Gasteiger charge is -2.21. The second kappa shape index (κ2) is 10.4. The summed E-state index contributed by atoms with van der Waals surface area (Å²) in [6.07, 6.45) is 6.31. The molecule has 26 heavy (non-hydrogen) atoms. The lowest BCUT2D eigenvalue weighted by Crippen LogP contribution is -2.29. The molecule has 2 N–H and O–H groups in total. The second-order valence-corrected chi connectivity index (χ2v) is 8.35. The molecule has 1 amide bonds. The minimum Gasteiger partial charge on any atom is -0.492 e. The van der Waals surface area contributed by atoms with Crippen LogP contribution in [-0.4, -0.2) is 41.1 Å². The first-order valence-electron chi connectivity index (χ1n) is 8.97. The van der Waals surface area contributed by atoms with Gasteiger partial charge in [-0.25, -0.2) is 0 Å². The summed E-state index contributed by atoms with van der Waals surface area (Å²) in [7, 11) is 0. The average molecular weight is 393 g/mol. The normalized spacial score (nSPS) is 14.8. The Balaban J connectivity index is 1.30. The van der Waals surface area contributed by atoms with Crippen molar-refractivity contribution in [2.75, 3.05) is 24.2 Å². The molecule has 8 heteroatoms. The second-order valence-electron chi connectivity index (χ2n) is 6.15. The number of hydrogen-bond acceptors (Lipinski definition) is 7. The zero-order chi connectivity index (χ0) is 18.0. The minimum atomic E-state index is -0.0244. The van der Waals surface area contributed by atoms with E-state index in [2.05, 4.69) is 20.8 Å². The summed E-state index contributed by atoms with van der Waals surface area (Å²) in [5, 5.41) is 15.5. The minimum absolute atomic E-state index is 0.0244. The van der Waals surface area contributed by atoms with Crippen molar-refractivity contribution in [2.45, 2.75) is 42.5 Å². The monoisotopic (exact) mass is 392 g/mol. The first-order chi connectivity index (χ1) is 12.8. The van der Waals surface area contributed by atoms with Crippen molar-refractivity contribution < 1.29 is 9.53 Å². The van der Waals surface area contributed by atoms with Crippen LogP contribution in [0, 0.1) is 0 Å². The number of carbonyl (C=O) groups excluding carboxylic acids is 1. The molecule has 2 aromatic rings. The van der Waals surface area contributed by atoms with Crippen molar-refractivity contribution in [1.29, 1.82) is 0 Å². The van der Waals surface area contributed by atoms with E-state index in [0.717, 1.165) is 15.2 Å². The molecular formula is C18H24N4O2S2. The molecule has 0 saturated heterocycles. The maximum absolute atomic E-state index is 11.9. The first-order valence-corrected chi connectivity index (χ1v) is 10.8. The molecule has 1 fully saturated rings. The molecule has 1 saturated carbocycles. The fourth-order valence-corrected chi connectivity index (χ4v) is 4.46. The van der Waals surface area contributed by atoms with Crippen LogP contribution in [0.4, 0.5) is 5.13 Å². The third-order valence-electron chi connectivity index (χ3n) is 4.10. The highest BCUT2D eigenvalue weighted by Crippen LogP contribution is 2.28. The van der Waals surface area contributed by atoms with Crippen LogP contribution >= 0.6 is 23.1 Å². The number of nitrogens with zero attached hydrogens (tertiary/aromatic N) is 2. The molecular weight excluding hydrogens is 368 g/mol. The Kier molecular flexibility index (Phi) is 7.57. The molecule has 0 unspecified atom stereocenters. The summed E-state index contributed by atoms with van der Waals surface area (Å²) in [5.74, 6) is 1.12. The summed E-state index contributed by atoms with van der Waals surface area (Å²) < 4.78 is 6.36. The molecule has 1 aromatic carbocycles. The van der Waals surface area contributed by atoms with Gasteiger partial charge in [-0.2, -0.15) is 0 Å². The summed E-state index contributed by atoms with van der Waals surface area (Å²) in [5.41, 5.74) is 0. The predicted molar refractivity (Wildman–Crippen MR) is 106 cm³/mol. The molecule has 1 aliphatic rings. The number of aromatic nitrogens is 2. The molecule has 0 aliphatic heterocycles. The van der Waals surface area contributed by atoms with Crippen LogP contribution in [0.5, 0.6) is 5.75 Å². The average Bonchev–Trinajstić information content (AvgIpc) is 3.12. The largest absolute Gasteiger partial charge is 0.492 e. The number of thioether (sulfide) groups is 1. The van der Waals surface area contributed by atoms with Crippen LogP contribution < -0.4 is 15.4 Å². The van der Waals surface area contributed by atoms with Crippen LogP contribution in [0.15, 0.2) is 34.7 Å². The fourth-order valence-electron chi connectivity index (χ4n) is 2.80. The van der Waals surface area contributed by atoms with Crippen LogP contribution in [0.1, 0.15) is 32.1 Å². The van der Waals surface area contributed by atoms with Crippen molar-refractivity contribution in [3.05, 3.63) is 30.3 Å². The smallest absolute Gasteiger partial charge is 0.230 e. The van der Waals surface area contributed by atoms with E-state index in [4.69, 9.17) is 4.74 Å². The van der Waals surface area contributed by atoms with Crippen molar-refractivity contribution in [2.24, 2.45) is 0 Å². The first kappa shape index (κ1) is 19.0. The number of ether oxygens (including phenoxy) is 1. The Morgan fingerprint density at radius 3 is 2.81 bits per heavy atom. The molecule has 0 radical (unpaired) electrons. The van der Waals surface area contributed by atoms with E-state index in [1.165, 1.54) is 55.2 Å². The fraction of sp³-hybridized carbons (Fsp3) is 0.500. The van der Waals surface area contributed by atoms with Gasteiger partial charge in [0.25, 0.3) is 0 Å². The lowest BCUT2D eigenvalue weighted by molar-refractivity contribution is -0.118. The number of amides is 1. The van der Waals surface area contributed by atoms with E-state index in [1.54, 1.807) is 0 Å². The van der Waals surface area contributed by atoms with Gasteiger partial charge in [0.2, 0.25) is 11.0 Å². The number of anilines is 1. The molecule has 0 atom stereocenters. The van der Waals surface area contributed by atoms with E-state index in [0.29, 0.717) is 24.9 Å². The van der Waals surface area contributed by atoms with Crippen LogP contribution in [0.25, 0.3) is 0 Å². The van der Waals surface area contributed by atoms with Gasteiger partial charge in [0.1, 0.15) is 12.4 Å². The van der Waals surface area contributed by atoms with Crippen molar-refractivity contribution >= 4 is 34.1 Å². The van der Waals surface area contributed by atoms with Gasteiger partial charge < -0.3 is 15.4 Å². The number of carbonyl (C=O) groups is 1. The topological polar surface area (TPSA) is 76.1 Å². The van der Waals surface area contributed by atoms with Crippen LogP contribution in [0.3, 0.4) is 0 Å². The zero-order valence-electron chi connectivity index (χ0n) is 14.6. The summed E-state index contributed by atoms with van der Waals surface area (Å²) >= 11 is 2.94. The van der Waals surface area contributed by atoms with Crippen LogP contribution in [-0.2, 0) is 4.79 Å². The summed E-state index contributed by atoms with van der Waals surface area (Å²) in [6.45, 7) is 0.938. The van der Waals surface area contributed by atoms with Crippen molar-refractivity contribution in [1.82, 2.24) is 15.5 Å². The van der Waals surface area contributed by atoms with Gasteiger partial charge in [0, 0.05) is 6.04 Å². The predicted octanol–water partition coefficient (Wildman–Crippen LogP) is 3.57. The summed E-state index contributed by atoms with van der Waals surface area (Å²) in [4.78, 5) is 11.9. The van der Waals surface area contributed by atoms with Crippen LogP contribution in [0.2, 0.25) is 0 Å². The number of benzene rings is 1. The lowest BCUT2D eigenvalue weighted by atomic mass is 9.96. The van der Waals surface area contributed by atoms with Gasteiger partial charge in [-0.1, -0.05) is 60.6 Å². The van der Waals surface area contributed by atoms with E-state index in [-0.39, 0.29) is 5.91 Å². The molecule has 1 aromatic heterocycles. The van der Waals surface area contributed by atoms with E-state index >= 15 is 0 Å². The number of hydrogen-bond donors (Lipinski definition) is 2. The standard InChI is InChI=1S/C18H24N4O2S2/c23-16(19-11-12-24-15-9-5-2-6-10-15)13-25-18-22-21-17(26-18)20-14-7-3-1-4-8-14/h2,5-6,9-10,14H,1,3-4,7-8,11-13H2,(H,19,23)(H,20,21). The highest BCUT2D eigenvalue weighted by molar-refractivity contribution is 8.01. The van der Waals surface area contributed by atoms with E-state index in [1.807, 2.05) is 30.3 Å². The molecule has 3 rings (SSSR count). The SMILES string of the molecule is O=C(CSc1nnc(NC2CCCCC2)s1)NCCOc1ccccc1. The highest BCUT2D eigenvalue weighted by Gasteiger charge is 2.15. The number of para-hydroxylation sites is 1. The van der Waals surface area contributed by atoms with Gasteiger partial charge in [-0.15, -0.1) is 10.2 Å². The Morgan fingerprint density at radius 1 is 1.19 bits per heavy atom. The van der Waals surface area contributed by atoms with Gasteiger partial charge >= 0.3 is 0 Å². The highest BCUT2D eigenvalue weighted by atomic mass is 32.2. The van der Waals surface area contributed by atoms with Gasteiger partial charge in [0.15, 0.2) is 4.34 Å². The third kappa shape index (κ3) is 6.49. The zero-order valence-corrected chi connectivity index (χ0v) is 16.3. The molecule has 6 nitrogen and oxygen atoms in total.